The third kappa shape index (κ3) is 4.97. The van der Waals surface area contributed by atoms with Gasteiger partial charge in [0.05, 0.1) is 26.0 Å². The van der Waals surface area contributed by atoms with E-state index in [-0.39, 0.29) is 18.2 Å². The molecule has 1 aromatic rings. The van der Waals surface area contributed by atoms with Gasteiger partial charge in [0.15, 0.2) is 0 Å². The molecular weight excluding hydrogens is 296 g/mol. The van der Waals surface area contributed by atoms with Crippen molar-refractivity contribution < 1.29 is 14.3 Å². The zero-order valence-corrected chi connectivity index (χ0v) is 14.1. The van der Waals surface area contributed by atoms with Gasteiger partial charge in [-0.2, -0.15) is 4.98 Å². The van der Waals surface area contributed by atoms with Gasteiger partial charge in [-0.1, -0.05) is 13.8 Å². The van der Waals surface area contributed by atoms with Crippen molar-refractivity contribution in [3.63, 3.8) is 0 Å². The number of amides is 2. The van der Waals surface area contributed by atoms with Gasteiger partial charge >= 0.3 is 6.03 Å². The van der Waals surface area contributed by atoms with Crippen LogP contribution in [-0.4, -0.2) is 53.2 Å². The lowest BCUT2D eigenvalue weighted by Gasteiger charge is -2.33. The Morgan fingerprint density at radius 1 is 1.39 bits per heavy atom. The minimum atomic E-state index is -0.0717. The van der Waals surface area contributed by atoms with E-state index in [9.17, 15) is 4.79 Å². The summed E-state index contributed by atoms with van der Waals surface area (Å²) in [6.45, 7) is 5.48. The highest BCUT2D eigenvalue weighted by Gasteiger charge is 2.26. The third-order valence-corrected chi connectivity index (χ3v) is 4.07. The normalized spacial score (nSPS) is 17.9. The Labute approximate surface area is 137 Å². The molecule has 0 saturated carbocycles. The van der Waals surface area contributed by atoms with Gasteiger partial charge in [0.2, 0.25) is 11.8 Å². The fourth-order valence-electron chi connectivity index (χ4n) is 2.63. The van der Waals surface area contributed by atoms with Crippen molar-refractivity contribution in [1.29, 1.82) is 0 Å². The highest BCUT2D eigenvalue weighted by atomic mass is 16.5. The molecule has 1 atom stereocenters. The van der Waals surface area contributed by atoms with E-state index in [1.54, 1.807) is 13.3 Å². The number of likely N-dealkylation sites (tertiary alicyclic amines) is 1. The van der Waals surface area contributed by atoms with Crippen LogP contribution in [0.1, 0.15) is 39.5 Å². The third-order valence-electron chi connectivity index (χ3n) is 4.07. The van der Waals surface area contributed by atoms with Crippen LogP contribution >= 0.6 is 0 Å². The number of nitrogens with one attached hydrogen (secondary N) is 1. The molecular formula is C16H26N4O3. The van der Waals surface area contributed by atoms with E-state index in [4.69, 9.17) is 9.47 Å². The maximum absolute atomic E-state index is 12.3. The van der Waals surface area contributed by atoms with Crippen molar-refractivity contribution in [2.75, 3.05) is 20.2 Å². The molecule has 1 saturated heterocycles. The van der Waals surface area contributed by atoms with Crippen LogP contribution in [0.3, 0.4) is 0 Å². The number of urea groups is 1. The summed E-state index contributed by atoms with van der Waals surface area (Å²) in [5, 5.41) is 3.07. The standard InChI is InChI=1S/C16H26N4O3/c1-4-12(5-2)18-16(21)20-8-6-7-13(11-20)23-15-10-17-9-14(19-15)22-3/h9-10,12-13H,4-8,11H2,1-3H3,(H,18,21). The molecule has 1 aliphatic rings. The number of rotatable bonds is 6. The number of methoxy groups -OCH3 is 1. The lowest BCUT2D eigenvalue weighted by Crippen LogP contribution is -2.50. The number of carbonyl (C=O) groups excluding carboxylic acids is 1. The van der Waals surface area contributed by atoms with Gasteiger partial charge in [-0.25, -0.2) is 4.79 Å². The van der Waals surface area contributed by atoms with Gasteiger partial charge in [0.25, 0.3) is 0 Å². The monoisotopic (exact) mass is 322 g/mol. The molecule has 2 heterocycles. The Morgan fingerprint density at radius 3 is 2.83 bits per heavy atom. The zero-order chi connectivity index (χ0) is 16.7. The van der Waals surface area contributed by atoms with Crippen molar-refractivity contribution in [3.8, 4) is 11.8 Å². The molecule has 7 heteroatoms. The summed E-state index contributed by atoms with van der Waals surface area (Å²) in [7, 11) is 1.54. The number of piperidine rings is 1. The van der Waals surface area contributed by atoms with Crippen LogP contribution in [0.2, 0.25) is 0 Å². The fourth-order valence-corrected chi connectivity index (χ4v) is 2.63. The Balaban J connectivity index is 1.91. The molecule has 23 heavy (non-hydrogen) atoms. The van der Waals surface area contributed by atoms with E-state index >= 15 is 0 Å². The predicted molar refractivity (Wildman–Crippen MR) is 86.7 cm³/mol. The summed E-state index contributed by atoms with van der Waals surface area (Å²) in [5.74, 6) is 0.846. The molecule has 0 bridgehead atoms. The van der Waals surface area contributed by atoms with Crippen molar-refractivity contribution in [1.82, 2.24) is 20.2 Å². The van der Waals surface area contributed by atoms with E-state index in [1.165, 1.54) is 6.20 Å². The zero-order valence-electron chi connectivity index (χ0n) is 14.1. The molecule has 2 rings (SSSR count). The molecule has 1 fully saturated rings. The first-order chi connectivity index (χ1) is 11.2. The van der Waals surface area contributed by atoms with E-state index in [0.717, 1.165) is 32.2 Å². The molecule has 2 amide bonds. The van der Waals surface area contributed by atoms with Crippen LogP contribution in [0.5, 0.6) is 11.8 Å². The Bertz CT molecular complexity index is 508. The molecule has 7 nitrogen and oxygen atoms in total. The highest BCUT2D eigenvalue weighted by Crippen LogP contribution is 2.18. The van der Waals surface area contributed by atoms with Gasteiger partial charge in [-0.05, 0) is 25.7 Å². The minimum absolute atomic E-state index is 0.0104. The summed E-state index contributed by atoms with van der Waals surface area (Å²) in [5.41, 5.74) is 0. The van der Waals surface area contributed by atoms with Gasteiger partial charge in [0, 0.05) is 12.6 Å². The highest BCUT2D eigenvalue weighted by molar-refractivity contribution is 5.74. The van der Waals surface area contributed by atoms with Crippen LogP contribution in [0.4, 0.5) is 4.79 Å². The largest absolute Gasteiger partial charge is 0.480 e. The van der Waals surface area contributed by atoms with Crippen LogP contribution in [-0.2, 0) is 0 Å². The summed E-state index contributed by atoms with van der Waals surface area (Å²) in [6.07, 6.45) is 6.71. The molecule has 0 aliphatic carbocycles. The minimum Gasteiger partial charge on any atom is -0.480 e. The predicted octanol–water partition coefficient (Wildman–Crippen LogP) is 2.23. The Morgan fingerprint density at radius 2 is 2.13 bits per heavy atom. The summed E-state index contributed by atoms with van der Waals surface area (Å²) < 4.78 is 10.9. The van der Waals surface area contributed by atoms with E-state index in [0.29, 0.717) is 18.3 Å². The van der Waals surface area contributed by atoms with Gasteiger partial charge in [-0.15, -0.1) is 0 Å². The average molecular weight is 322 g/mol. The molecule has 0 radical (unpaired) electrons. The average Bonchev–Trinajstić information content (AvgIpc) is 2.59. The lowest BCUT2D eigenvalue weighted by atomic mass is 10.1. The van der Waals surface area contributed by atoms with E-state index in [2.05, 4.69) is 29.1 Å². The quantitative estimate of drug-likeness (QED) is 0.869. The molecule has 1 aromatic heterocycles. The van der Waals surface area contributed by atoms with Crippen molar-refractivity contribution in [3.05, 3.63) is 12.4 Å². The van der Waals surface area contributed by atoms with Crippen molar-refractivity contribution in [2.45, 2.75) is 51.7 Å². The molecule has 1 N–H and O–H groups in total. The number of nitrogens with zero attached hydrogens (tertiary/aromatic N) is 3. The lowest BCUT2D eigenvalue weighted by molar-refractivity contribution is 0.0956. The molecule has 1 unspecified atom stereocenters. The van der Waals surface area contributed by atoms with Crippen LogP contribution < -0.4 is 14.8 Å². The Hall–Kier alpha value is -2.05. The molecule has 0 aromatic carbocycles. The second-order valence-corrected chi connectivity index (χ2v) is 5.69. The fraction of sp³-hybridized carbons (Fsp3) is 0.688. The maximum atomic E-state index is 12.3. The van der Waals surface area contributed by atoms with Gasteiger partial charge < -0.3 is 19.7 Å². The number of aromatic nitrogens is 2. The SMILES string of the molecule is CCC(CC)NC(=O)N1CCCC(Oc2cncc(OC)n2)C1. The van der Waals surface area contributed by atoms with Crippen molar-refractivity contribution >= 4 is 6.03 Å². The second-order valence-electron chi connectivity index (χ2n) is 5.69. The first-order valence-electron chi connectivity index (χ1n) is 8.24. The van der Waals surface area contributed by atoms with E-state index < -0.39 is 0 Å². The second kappa shape index (κ2) is 8.55. The van der Waals surface area contributed by atoms with E-state index in [1.807, 2.05) is 4.90 Å². The first-order valence-corrected chi connectivity index (χ1v) is 8.24. The number of ether oxygens (including phenoxy) is 2. The van der Waals surface area contributed by atoms with Crippen LogP contribution in [0, 0.1) is 0 Å². The summed E-state index contributed by atoms with van der Waals surface area (Å²) in [6, 6.07) is 0.219. The van der Waals surface area contributed by atoms with Crippen LogP contribution in [0.15, 0.2) is 12.4 Å². The van der Waals surface area contributed by atoms with Crippen LogP contribution in [0.25, 0.3) is 0 Å². The van der Waals surface area contributed by atoms with Gasteiger partial charge in [0.1, 0.15) is 6.10 Å². The first kappa shape index (κ1) is 17.3. The van der Waals surface area contributed by atoms with Crippen molar-refractivity contribution in [2.24, 2.45) is 0 Å². The Kier molecular flexibility index (Phi) is 6.43. The smallest absolute Gasteiger partial charge is 0.317 e. The number of hydrogen-bond acceptors (Lipinski definition) is 5. The molecule has 128 valence electrons. The van der Waals surface area contributed by atoms with Gasteiger partial charge in [-0.3, -0.25) is 4.98 Å². The molecule has 0 spiro atoms. The number of carbonyl (C=O) groups is 1. The molecule has 1 aliphatic heterocycles. The summed E-state index contributed by atoms with van der Waals surface area (Å²) in [4.78, 5) is 22.4. The number of hydrogen-bond donors (Lipinski definition) is 1. The topological polar surface area (TPSA) is 76.6 Å². The summed E-state index contributed by atoms with van der Waals surface area (Å²) >= 11 is 0. The maximum Gasteiger partial charge on any atom is 0.317 e.